The van der Waals surface area contributed by atoms with Gasteiger partial charge in [0.2, 0.25) is 0 Å². The predicted octanol–water partition coefficient (Wildman–Crippen LogP) is 1.67. The number of likely N-dealkylation sites (N-methyl/N-ethyl adjacent to an activating group) is 1. The van der Waals surface area contributed by atoms with Gasteiger partial charge in [-0.15, -0.1) is 0 Å². The molecule has 78 valence electrons. The number of hydrogen-bond donors (Lipinski definition) is 0. The summed E-state index contributed by atoms with van der Waals surface area (Å²) in [5.41, 5.74) is 0. The molecule has 0 radical (unpaired) electrons. The van der Waals surface area contributed by atoms with Crippen molar-refractivity contribution in [3.05, 3.63) is 0 Å². The summed E-state index contributed by atoms with van der Waals surface area (Å²) < 4.78 is 0. The summed E-state index contributed by atoms with van der Waals surface area (Å²) in [5, 5.41) is 0. The van der Waals surface area contributed by atoms with Crippen LogP contribution in [0.2, 0.25) is 0 Å². The van der Waals surface area contributed by atoms with Crippen molar-refractivity contribution in [1.82, 2.24) is 9.80 Å². The first-order chi connectivity index (χ1) is 6.09. The van der Waals surface area contributed by atoms with Crippen LogP contribution in [0.1, 0.15) is 26.7 Å². The summed E-state index contributed by atoms with van der Waals surface area (Å²) in [7, 11) is 4.34. The van der Waals surface area contributed by atoms with Crippen molar-refractivity contribution in [3.63, 3.8) is 0 Å². The van der Waals surface area contributed by atoms with Gasteiger partial charge in [0.15, 0.2) is 0 Å². The molecule has 0 saturated carbocycles. The normalized spacial score (nSPS) is 24.9. The van der Waals surface area contributed by atoms with Gasteiger partial charge in [0.25, 0.3) is 0 Å². The fraction of sp³-hybridized carbons (Fsp3) is 1.00. The van der Waals surface area contributed by atoms with E-state index < -0.39 is 0 Å². The zero-order valence-corrected chi connectivity index (χ0v) is 9.58. The second-order valence-electron chi connectivity index (χ2n) is 4.95. The van der Waals surface area contributed by atoms with E-state index in [9.17, 15) is 0 Å². The maximum absolute atomic E-state index is 2.66. The molecule has 2 nitrogen and oxygen atoms in total. The molecule has 0 aromatic carbocycles. The molecule has 2 heteroatoms. The van der Waals surface area contributed by atoms with Crippen LogP contribution in [0.4, 0.5) is 0 Å². The minimum Gasteiger partial charge on any atom is -0.308 e. The molecule has 0 aromatic rings. The van der Waals surface area contributed by atoms with E-state index in [2.05, 4.69) is 37.7 Å². The van der Waals surface area contributed by atoms with Crippen molar-refractivity contribution < 1.29 is 0 Å². The molecular weight excluding hydrogens is 160 g/mol. The van der Waals surface area contributed by atoms with Gasteiger partial charge in [-0.25, -0.2) is 0 Å². The molecule has 0 N–H and O–H groups in total. The third-order valence-electron chi connectivity index (χ3n) is 2.67. The quantitative estimate of drug-likeness (QED) is 0.656. The Kier molecular flexibility index (Phi) is 4.20. The summed E-state index contributed by atoms with van der Waals surface area (Å²) in [4.78, 5) is 4.97. The minimum atomic E-state index is 0.808. The molecule has 1 aliphatic heterocycles. The first kappa shape index (κ1) is 11.0. The van der Waals surface area contributed by atoms with Gasteiger partial charge in [-0.3, -0.25) is 4.90 Å². The summed E-state index contributed by atoms with van der Waals surface area (Å²) in [6.45, 7) is 8.44. The standard InChI is InChI=1S/C11H24N2/c1-10(2)8-13-7-5-6-11(13)9-12(3)4/h10-11H,5-9H2,1-4H3. The molecule has 1 rings (SSSR count). The van der Waals surface area contributed by atoms with Gasteiger partial charge in [-0.2, -0.15) is 0 Å². The van der Waals surface area contributed by atoms with Crippen molar-refractivity contribution >= 4 is 0 Å². The Labute approximate surface area is 82.9 Å². The number of rotatable bonds is 4. The van der Waals surface area contributed by atoms with Crippen LogP contribution in [0.5, 0.6) is 0 Å². The smallest absolute Gasteiger partial charge is 0.0223 e. The molecule has 1 atom stereocenters. The lowest BCUT2D eigenvalue weighted by molar-refractivity contribution is 0.190. The maximum Gasteiger partial charge on any atom is 0.0223 e. The second-order valence-corrected chi connectivity index (χ2v) is 4.95. The minimum absolute atomic E-state index is 0.808. The SMILES string of the molecule is CC(C)CN1CCCC1CN(C)C. The molecule has 1 heterocycles. The highest BCUT2D eigenvalue weighted by atomic mass is 15.2. The van der Waals surface area contributed by atoms with Gasteiger partial charge in [0, 0.05) is 19.1 Å². The molecular formula is C11H24N2. The monoisotopic (exact) mass is 184 g/mol. The number of hydrogen-bond acceptors (Lipinski definition) is 2. The highest BCUT2D eigenvalue weighted by Gasteiger charge is 2.24. The zero-order valence-electron chi connectivity index (χ0n) is 9.58. The van der Waals surface area contributed by atoms with Gasteiger partial charge in [0.1, 0.15) is 0 Å². The van der Waals surface area contributed by atoms with Gasteiger partial charge < -0.3 is 4.90 Å². The Hall–Kier alpha value is -0.0800. The maximum atomic E-state index is 2.66. The van der Waals surface area contributed by atoms with Crippen LogP contribution in [0.15, 0.2) is 0 Å². The molecule has 1 saturated heterocycles. The van der Waals surface area contributed by atoms with E-state index in [4.69, 9.17) is 0 Å². The lowest BCUT2D eigenvalue weighted by atomic mass is 10.1. The zero-order chi connectivity index (χ0) is 9.84. The average molecular weight is 184 g/mol. The van der Waals surface area contributed by atoms with Crippen LogP contribution < -0.4 is 0 Å². The van der Waals surface area contributed by atoms with Crippen LogP contribution in [0.3, 0.4) is 0 Å². The van der Waals surface area contributed by atoms with Gasteiger partial charge >= 0.3 is 0 Å². The number of nitrogens with zero attached hydrogens (tertiary/aromatic N) is 2. The first-order valence-corrected chi connectivity index (χ1v) is 5.48. The van der Waals surface area contributed by atoms with Gasteiger partial charge in [-0.1, -0.05) is 13.8 Å². The Morgan fingerprint density at radius 1 is 1.38 bits per heavy atom. The lowest BCUT2D eigenvalue weighted by Gasteiger charge is -2.28. The molecule has 0 amide bonds. The van der Waals surface area contributed by atoms with Crippen molar-refractivity contribution in [3.8, 4) is 0 Å². The summed E-state index contributed by atoms with van der Waals surface area (Å²) in [6, 6.07) is 0.817. The molecule has 0 bridgehead atoms. The molecule has 0 aliphatic carbocycles. The second kappa shape index (κ2) is 4.97. The highest BCUT2D eigenvalue weighted by Crippen LogP contribution is 2.18. The van der Waals surface area contributed by atoms with E-state index in [0.29, 0.717) is 0 Å². The first-order valence-electron chi connectivity index (χ1n) is 5.48. The molecule has 1 unspecified atom stereocenters. The molecule has 0 spiro atoms. The third kappa shape index (κ3) is 3.65. The molecule has 0 aromatic heterocycles. The van der Waals surface area contributed by atoms with Crippen molar-refractivity contribution in [2.24, 2.45) is 5.92 Å². The van der Waals surface area contributed by atoms with Crippen molar-refractivity contribution in [2.75, 3.05) is 33.7 Å². The molecule has 1 fully saturated rings. The summed E-state index contributed by atoms with van der Waals surface area (Å²) >= 11 is 0. The Balaban J connectivity index is 2.35. The Morgan fingerprint density at radius 2 is 2.08 bits per heavy atom. The fourth-order valence-corrected chi connectivity index (χ4v) is 2.23. The van der Waals surface area contributed by atoms with Crippen LogP contribution in [0.25, 0.3) is 0 Å². The van der Waals surface area contributed by atoms with Crippen LogP contribution in [-0.4, -0.2) is 49.6 Å². The Bertz CT molecular complexity index is 127. The van der Waals surface area contributed by atoms with E-state index in [0.717, 1.165) is 12.0 Å². The Morgan fingerprint density at radius 3 is 2.62 bits per heavy atom. The lowest BCUT2D eigenvalue weighted by Crippen LogP contribution is -2.39. The van der Waals surface area contributed by atoms with E-state index in [1.54, 1.807) is 0 Å². The van der Waals surface area contributed by atoms with E-state index in [1.807, 2.05) is 0 Å². The van der Waals surface area contributed by atoms with Crippen molar-refractivity contribution in [1.29, 1.82) is 0 Å². The van der Waals surface area contributed by atoms with Crippen LogP contribution >= 0.6 is 0 Å². The predicted molar refractivity (Wildman–Crippen MR) is 58.0 cm³/mol. The van der Waals surface area contributed by atoms with Crippen LogP contribution in [0, 0.1) is 5.92 Å². The van der Waals surface area contributed by atoms with Gasteiger partial charge in [-0.05, 0) is 39.4 Å². The number of likely N-dealkylation sites (tertiary alicyclic amines) is 1. The topological polar surface area (TPSA) is 6.48 Å². The highest BCUT2D eigenvalue weighted by molar-refractivity contribution is 4.81. The summed E-state index contributed by atoms with van der Waals surface area (Å²) in [6.07, 6.45) is 2.79. The summed E-state index contributed by atoms with van der Waals surface area (Å²) in [5.74, 6) is 0.808. The van der Waals surface area contributed by atoms with E-state index in [-0.39, 0.29) is 0 Å². The largest absolute Gasteiger partial charge is 0.308 e. The molecule has 1 aliphatic rings. The van der Waals surface area contributed by atoms with E-state index >= 15 is 0 Å². The average Bonchev–Trinajstić information content (AvgIpc) is 2.34. The van der Waals surface area contributed by atoms with Crippen molar-refractivity contribution in [2.45, 2.75) is 32.7 Å². The molecule has 13 heavy (non-hydrogen) atoms. The van der Waals surface area contributed by atoms with Crippen LogP contribution in [-0.2, 0) is 0 Å². The third-order valence-corrected chi connectivity index (χ3v) is 2.67. The fourth-order valence-electron chi connectivity index (χ4n) is 2.23. The van der Waals surface area contributed by atoms with E-state index in [1.165, 1.54) is 32.5 Å². The van der Waals surface area contributed by atoms with Gasteiger partial charge in [0.05, 0.1) is 0 Å².